The van der Waals surface area contributed by atoms with Crippen LogP contribution in [0.4, 0.5) is 0 Å². The standard InChI is InChI=1S/C14H23NOS/c1-9-6-10(2)8-11(7-9)13(15)14-12(16-3)4-5-17-14/h4-5,9-11,13H,6-8,15H2,1-3H3. The topological polar surface area (TPSA) is 35.2 Å². The van der Waals surface area contributed by atoms with Gasteiger partial charge in [0.25, 0.3) is 0 Å². The molecule has 17 heavy (non-hydrogen) atoms. The Kier molecular flexibility index (Phi) is 4.10. The second-order valence-corrected chi connectivity index (χ2v) is 6.50. The van der Waals surface area contributed by atoms with E-state index in [-0.39, 0.29) is 6.04 Å². The lowest BCUT2D eigenvalue weighted by atomic mass is 9.73. The molecule has 1 saturated carbocycles. The molecule has 0 bridgehead atoms. The third-order valence-corrected chi connectivity index (χ3v) is 4.90. The van der Waals surface area contributed by atoms with Crippen LogP contribution in [0.2, 0.25) is 0 Å². The third-order valence-electron chi connectivity index (χ3n) is 3.90. The van der Waals surface area contributed by atoms with Crippen molar-refractivity contribution < 1.29 is 4.74 Å². The number of rotatable bonds is 3. The fourth-order valence-corrected chi connectivity index (χ4v) is 4.19. The second kappa shape index (κ2) is 5.40. The van der Waals surface area contributed by atoms with Gasteiger partial charge in [0.1, 0.15) is 5.75 Å². The molecule has 3 atom stereocenters. The van der Waals surface area contributed by atoms with Crippen molar-refractivity contribution in [1.29, 1.82) is 0 Å². The first-order valence-corrected chi connectivity index (χ1v) is 7.36. The molecule has 1 aliphatic carbocycles. The Morgan fingerprint density at radius 1 is 1.29 bits per heavy atom. The zero-order chi connectivity index (χ0) is 12.4. The molecule has 0 amide bonds. The molecule has 2 nitrogen and oxygen atoms in total. The van der Waals surface area contributed by atoms with Gasteiger partial charge < -0.3 is 10.5 Å². The monoisotopic (exact) mass is 253 g/mol. The highest BCUT2D eigenvalue weighted by Gasteiger charge is 2.30. The summed E-state index contributed by atoms with van der Waals surface area (Å²) >= 11 is 1.73. The lowest BCUT2D eigenvalue weighted by Crippen LogP contribution is -2.29. The van der Waals surface area contributed by atoms with Crippen LogP contribution >= 0.6 is 11.3 Å². The predicted octanol–water partition coefficient (Wildman–Crippen LogP) is 3.83. The molecule has 0 aliphatic heterocycles. The molecule has 96 valence electrons. The van der Waals surface area contributed by atoms with Gasteiger partial charge in [-0.1, -0.05) is 13.8 Å². The SMILES string of the molecule is COc1ccsc1C(N)C1CC(C)CC(C)C1. The van der Waals surface area contributed by atoms with Crippen LogP contribution in [0.5, 0.6) is 5.75 Å². The van der Waals surface area contributed by atoms with Gasteiger partial charge in [-0.15, -0.1) is 11.3 Å². The van der Waals surface area contributed by atoms with Crippen molar-refractivity contribution in [2.75, 3.05) is 7.11 Å². The average molecular weight is 253 g/mol. The fourth-order valence-electron chi connectivity index (χ4n) is 3.24. The quantitative estimate of drug-likeness (QED) is 0.888. The molecule has 1 aromatic rings. The largest absolute Gasteiger partial charge is 0.496 e. The predicted molar refractivity (Wildman–Crippen MR) is 73.5 cm³/mol. The van der Waals surface area contributed by atoms with E-state index in [0.717, 1.165) is 17.6 Å². The van der Waals surface area contributed by atoms with E-state index < -0.39 is 0 Å². The van der Waals surface area contributed by atoms with Crippen LogP contribution in [0.3, 0.4) is 0 Å². The maximum absolute atomic E-state index is 6.45. The molecule has 0 saturated heterocycles. The maximum Gasteiger partial charge on any atom is 0.134 e. The Labute approximate surface area is 108 Å². The summed E-state index contributed by atoms with van der Waals surface area (Å²) in [5.41, 5.74) is 6.45. The molecule has 0 aromatic carbocycles. The minimum absolute atomic E-state index is 0.148. The van der Waals surface area contributed by atoms with Crippen LogP contribution in [0.15, 0.2) is 11.4 Å². The molecule has 3 unspecified atom stereocenters. The van der Waals surface area contributed by atoms with E-state index in [1.54, 1.807) is 18.4 Å². The van der Waals surface area contributed by atoms with Gasteiger partial charge in [-0.05, 0) is 48.5 Å². The van der Waals surface area contributed by atoms with Crippen LogP contribution in [0, 0.1) is 17.8 Å². The van der Waals surface area contributed by atoms with Gasteiger partial charge >= 0.3 is 0 Å². The van der Waals surface area contributed by atoms with Crippen LogP contribution in [-0.4, -0.2) is 7.11 Å². The van der Waals surface area contributed by atoms with E-state index in [1.165, 1.54) is 24.1 Å². The van der Waals surface area contributed by atoms with Gasteiger partial charge in [0.05, 0.1) is 12.0 Å². The van der Waals surface area contributed by atoms with E-state index >= 15 is 0 Å². The van der Waals surface area contributed by atoms with E-state index in [2.05, 4.69) is 19.2 Å². The van der Waals surface area contributed by atoms with Crippen molar-refractivity contribution in [3.8, 4) is 5.75 Å². The Morgan fingerprint density at radius 2 is 1.94 bits per heavy atom. The number of nitrogens with two attached hydrogens (primary N) is 1. The van der Waals surface area contributed by atoms with Crippen molar-refractivity contribution >= 4 is 11.3 Å². The second-order valence-electron chi connectivity index (χ2n) is 5.56. The fraction of sp³-hybridized carbons (Fsp3) is 0.714. The summed E-state index contributed by atoms with van der Waals surface area (Å²) in [6.07, 6.45) is 3.86. The Morgan fingerprint density at radius 3 is 2.53 bits per heavy atom. The smallest absolute Gasteiger partial charge is 0.134 e. The summed E-state index contributed by atoms with van der Waals surface area (Å²) in [4.78, 5) is 1.22. The lowest BCUT2D eigenvalue weighted by Gasteiger charge is -2.34. The van der Waals surface area contributed by atoms with Crippen molar-refractivity contribution in [2.24, 2.45) is 23.5 Å². The summed E-state index contributed by atoms with van der Waals surface area (Å²) in [5.74, 6) is 3.19. The van der Waals surface area contributed by atoms with Crippen molar-refractivity contribution in [1.82, 2.24) is 0 Å². The van der Waals surface area contributed by atoms with Gasteiger partial charge in [-0.25, -0.2) is 0 Å². The summed E-state index contributed by atoms with van der Waals surface area (Å²) < 4.78 is 5.38. The van der Waals surface area contributed by atoms with E-state index in [1.807, 2.05) is 6.07 Å². The summed E-state index contributed by atoms with van der Waals surface area (Å²) in [5, 5.41) is 2.07. The molecule has 1 aliphatic rings. The van der Waals surface area contributed by atoms with E-state index in [9.17, 15) is 0 Å². The zero-order valence-electron chi connectivity index (χ0n) is 11.0. The highest BCUT2D eigenvalue weighted by molar-refractivity contribution is 7.10. The summed E-state index contributed by atoms with van der Waals surface area (Å²) in [6, 6.07) is 2.17. The number of methoxy groups -OCH3 is 1. The summed E-state index contributed by atoms with van der Waals surface area (Å²) in [7, 11) is 1.73. The first kappa shape index (κ1) is 12.9. The molecule has 1 heterocycles. The summed E-state index contributed by atoms with van der Waals surface area (Å²) in [6.45, 7) is 4.70. The minimum atomic E-state index is 0.148. The van der Waals surface area contributed by atoms with Gasteiger partial charge in [0.2, 0.25) is 0 Å². The first-order chi connectivity index (χ1) is 8.11. The highest BCUT2D eigenvalue weighted by atomic mass is 32.1. The molecular formula is C14H23NOS. The molecular weight excluding hydrogens is 230 g/mol. The van der Waals surface area contributed by atoms with Crippen LogP contribution in [0.1, 0.15) is 44.0 Å². The molecule has 0 spiro atoms. The Hall–Kier alpha value is -0.540. The number of thiophene rings is 1. The normalized spacial score (nSPS) is 31.2. The highest BCUT2D eigenvalue weighted by Crippen LogP contribution is 2.42. The molecule has 1 aromatic heterocycles. The van der Waals surface area contributed by atoms with Crippen LogP contribution in [0.25, 0.3) is 0 Å². The van der Waals surface area contributed by atoms with Gasteiger partial charge in [0.15, 0.2) is 0 Å². The van der Waals surface area contributed by atoms with Crippen molar-refractivity contribution in [3.05, 3.63) is 16.3 Å². The molecule has 2 rings (SSSR count). The maximum atomic E-state index is 6.45. The minimum Gasteiger partial charge on any atom is -0.496 e. The zero-order valence-corrected chi connectivity index (χ0v) is 11.8. The molecule has 1 fully saturated rings. The van der Waals surface area contributed by atoms with Gasteiger partial charge in [0, 0.05) is 6.04 Å². The first-order valence-electron chi connectivity index (χ1n) is 6.48. The van der Waals surface area contributed by atoms with Crippen molar-refractivity contribution in [3.63, 3.8) is 0 Å². The van der Waals surface area contributed by atoms with Crippen LogP contribution in [-0.2, 0) is 0 Å². The van der Waals surface area contributed by atoms with E-state index in [4.69, 9.17) is 10.5 Å². The molecule has 2 N–H and O–H groups in total. The number of ether oxygens (including phenoxy) is 1. The van der Waals surface area contributed by atoms with Gasteiger partial charge in [-0.3, -0.25) is 0 Å². The van der Waals surface area contributed by atoms with Crippen molar-refractivity contribution in [2.45, 2.75) is 39.2 Å². The Balaban J connectivity index is 2.11. The third kappa shape index (κ3) is 2.83. The average Bonchev–Trinajstić information content (AvgIpc) is 2.74. The van der Waals surface area contributed by atoms with Gasteiger partial charge in [-0.2, -0.15) is 0 Å². The Bertz CT molecular complexity index is 353. The molecule has 3 heteroatoms. The number of hydrogen-bond acceptors (Lipinski definition) is 3. The van der Waals surface area contributed by atoms with E-state index in [0.29, 0.717) is 5.92 Å². The van der Waals surface area contributed by atoms with Crippen LogP contribution < -0.4 is 10.5 Å². The molecule has 0 radical (unpaired) electrons. The number of hydrogen-bond donors (Lipinski definition) is 1. The lowest BCUT2D eigenvalue weighted by molar-refractivity contribution is 0.193.